The summed E-state index contributed by atoms with van der Waals surface area (Å²) in [6.07, 6.45) is 0. The van der Waals surface area contributed by atoms with Gasteiger partial charge in [-0.25, -0.2) is 4.39 Å². The molecule has 102 valence electrons. The van der Waals surface area contributed by atoms with Gasteiger partial charge in [0.1, 0.15) is 11.6 Å². The molecule has 1 heterocycles. The number of benzene rings is 1. The van der Waals surface area contributed by atoms with Crippen LogP contribution in [0, 0.1) is 5.82 Å². The maximum Gasteiger partial charge on any atom is 0.168 e. The lowest BCUT2D eigenvalue weighted by molar-refractivity contribution is 0.390. The molecule has 0 aliphatic rings. The quantitative estimate of drug-likeness (QED) is 0.755. The summed E-state index contributed by atoms with van der Waals surface area (Å²) in [7, 11) is 0. The molecule has 1 aromatic carbocycles. The second kappa shape index (κ2) is 5.21. The van der Waals surface area contributed by atoms with Crippen molar-refractivity contribution in [1.29, 1.82) is 0 Å². The lowest BCUT2D eigenvalue weighted by Crippen LogP contribution is -2.25. The Labute approximate surface area is 124 Å². The third-order valence-electron chi connectivity index (χ3n) is 2.71. The van der Waals surface area contributed by atoms with Crippen molar-refractivity contribution in [1.82, 2.24) is 14.8 Å². The normalized spacial score (nSPS) is 11.9. The van der Waals surface area contributed by atoms with E-state index in [4.69, 9.17) is 11.6 Å². The van der Waals surface area contributed by atoms with E-state index in [1.807, 2.05) is 25.3 Å². The molecule has 0 N–H and O–H groups in total. The smallest absolute Gasteiger partial charge is 0.168 e. The minimum absolute atomic E-state index is 0.270. The van der Waals surface area contributed by atoms with Crippen LogP contribution in [0.2, 0.25) is 5.02 Å². The third kappa shape index (κ3) is 2.67. The van der Waals surface area contributed by atoms with Gasteiger partial charge in [0.05, 0.1) is 15.9 Å². The summed E-state index contributed by atoms with van der Waals surface area (Å²) >= 11 is 9.48. The zero-order chi connectivity index (χ0) is 14.2. The highest BCUT2D eigenvalue weighted by Crippen LogP contribution is 2.33. The van der Waals surface area contributed by atoms with E-state index in [0.717, 1.165) is 5.82 Å². The highest BCUT2D eigenvalue weighted by Gasteiger charge is 2.26. The summed E-state index contributed by atoms with van der Waals surface area (Å²) in [4.78, 5) is 0. The van der Waals surface area contributed by atoms with Gasteiger partial charge >= 0.3 is 0 Å². The Balaban J connectivity index is 2.74. The fourth-order valence-corrected chi connectivity index (χ4v) is 2.59. The first-order valence-corrected chi connectivity index (χ1v) is 7.31. The number of nitrogens with zero attached hydrogens (tertiary/aromatic N) is 3. The zero-order valence-corrected chi connectivity index (χ0v) is 13.3. The van der Waals surface area contributed by atoms with Gasteiger partial charge in [-0.3, -0.25) is 0 Å². The average Bonchev–Trinajstić information content (AvgIpc) is 2.72. The van der Waals surface area contributed by atoms with Gasteiger partial charge < -0.3 is 4.57 Å². The number of rotatable bonds is 2. The molecular formula is C13H14BrClFN3. The molecule has 0 aliphatic heterocycles. The van der Waals surface area contributed by atoms with Gasteiger partial charge in [-0.15, -0.1) is 10.2 Å². The molecule has 19 heavy (non-hydrogen) atoms. The second-order valence-corrected chi connectivity index (χ2v) is 6.14. The summed E-state index contributed by atoms with van der Waals surface area (Å²) in [5.41, 5.74) is 0.0203. The Morgan fingerprint density at radius 1 is 1.32 bits per heavy atom. The van der Waals surface area contributed by atoms with Gasteiger partial charge in [0.25, 0.3) is 0 Å². The predicted octanol–water partition coefficient (Wildman–Crippen LogP) is 4.39. The molecule has 0 bridgehead atoms. The van der Waals surface area contributed by atoms with Crippen LogP contribution in [0.5, 0.6) is 0 Å². The summed E-state index contributed by atoms with van der Waals surface area (Å²) < 4.78 is 15.9. The third-order valence-corrected chi connectivity index (χ3v) is 3.52. The van der Waals surface area contributed by atoms with E-state index >= 15 is 0 Å². The van der Waals surface area contributed by atoms with Gasteiger partial charge in [-0.2, -0.15) is 0 Å². The van der Waals surface area contributed by atoms with Crippen molar-refractivity contribution in [3.05, 3.63) is 34.9 Å². The van der Waals surface area contributed by atoms with Crippen LogP contribution in [-0.2, 0) is 10.9 Å². The number of aromatic nitrogens is 3. The summed E-state index contributed by atoms with van der Waals surface area (Å²) in [6.45, 7) is 6.04. The van der Waals surface area contributed by atoms with Crippen molar-refractivity contribution in [2.24, 2.45) is 0 Å². The molecular weight excluding hydrogens is 333 g/mol. The molecule has 0 saturated carbocycles. The summed E-state index contributed by atoms with van der Waals surface area (Å²) in [6, 6.07) is 4.59. The highest BCUT2D eigenvalue weighted by molar-refractivity contribution is 9.08. The molecule has 0 fully saturated rings. The Morgan fingerprint density at radius 2 is 2.00 bits per heavy atom. The molecule has 0 radical (unpaired) electrons. The topological polar surface area (TPSA) is 30.7 Å². The van der Waals surface area contributed by atoms with E-state index in [1.54, 1.807) is 12.1 Å². The largest absolute Gasteiger partial charge is 0.305 e. The molecule has 0 atom stereocenters. The van der Waals surface area contributed by atoms with Crippen LogP contribution in [0.4, 0.5) is 4.39 Å². The van der Waals surface area contributed by atoms with Gasteiger partial charge in [-0.05, 0) is 32.9 Å². The van der Waals surface area contributed by atoms with Crippen LogP contribution >= 0.6 is 27.5 Å². The van der Waals surface area contributed by atoms with Crippen LogP contribution in [0.15, 0.2) is 18.2 Å². The molecule has 0 saturated heterocycles. The number of alkyl halides is 1. The molecule has 3 nitrogen and oxygen atoms in total. The molecule has 2 rings (SSSR count). The van der Waals surface area contributed by atoms with Crippen molar-refractivity contribution in [2.75, 3.05) is 0 Å². The standard InChI is InChI=1S/C13H14BrClFN3/c1-13(2,3)19-10(7-14)17-18-12(19)11-8(15)5-4-6-9(11)16/h4-6H,7H2,1-3H3. The first kappa shape index (κ1) is 14.5. The SMILES string of the molecule is CC(C)(C)n1c(CBr)nnc1-c1c(F)cccc1Cl. The van der Waals surface area contributed by atoms with Crippen molar-refractivity contribution in [3.63, 3.8) is 0 Å². The minimum Gasteiger partial charge on any atom is -0.305 e. The van der Waals surface area contributed by atoms with Crippen molar-refractivity contribution < 1.29 is 4.39 Å². The van der Waals surface area contributed by atoms with Gasteiger partial charge in [0.2, 0.25) is 0 Å². The monoisotopic (exact) mass is 345 g/mol. The predicted molar refractivity (Wildman–Crippen MR) is 78.1 cm³/mol. The lowest BCUT2D eigenvalue weighted by Gasteiger charge is -2.25. The molecule has 6 heteroatoms. The van der Waals surface area contributed by atoms with Gasteiger partial charge in [0.15, 0.2) is 5.82 Å². The van der Waals surface area contributed by atoms with E-state index in [1.165, 1.54) is 6.07 Å². The lowest BCUT2D eigenvalue weighted by atomic mass is 10.1. The van der Waals surface area contributed by atoms with E-state index in [-0.39, 0.29) is 5.54 Å². The molecule has 0 unspecified atom stereocenters. The Hall–Kier alpha value is -0.940. The fraction of sp³-hybridized carbons (Fsp3) is 0.385. The van der Waals surface area contributed by atoms with Crippen molar-refractivity contribution >= 4 is 27.5 Å². The van der Waals surface area contributed by atoms with E-state index < -0.39 is 5.82 Å². The molecule has 0 spiro atoms. The van der Waals surface area contributed by atoms with Crippen LogP contribution in [0.25, 0.3) is 11.4 Å². The number of hydrogen-bond acceptors (Lipinski definition) is 2. The Kier molecular flexibility index (Phi) is 3.97. The zero-order valence-electron chi connectivity index (χ0n) is 10.9. The van der Waals surface area contributed by atoms with Crippen molar-refractivity contribution in [2.45, 2.75) is 31.6 Å². The maximum atomic E-state index is 14.0. The Bertz CT molecular complexity index is 584. The average molecular weight is 347 g/mol. The van der Waals surface area contributed by atoms with Crippen LogP contribution in [0.3, 0.4) is 0 Å². The number of hydrogen-bond donors (Lipinski definition) is 0. The van der Waals surface area contributed by atoms with Crippen LogP contribution < -0.4 is 0 Å². The highest BCUT2D eigenvalue weighted by atomic mass is 79.9. The van der Waals surface area contributed by atoms with E-state index in [2.05, 4.69) is 26.1 Å². The van der Waals surface area contributed by atoms with E-state index in [0.29, 0.717) is 21.7 Å². The summed E-state index contributed by atoms with van der Waals surface area (Å²) in [5.74, 6) is 0.790. The Morgan fingerprint density at radius 3 is 2.53 bits per heavy atom. The van der Waals surface area contributed by atoms with Gasteiger partial charge in [-0.1, -0.05) is 33.6 Å². The second-order valence-electron chi connectivity index (χ2n) is 5.18. The fourth-order valence-electron chi connectivity index (χ4n) is 1.98. The minimum atomic E-state index is -0.397. The van der Waals surface area contributed by atoms with Gasteiger partial charge in [0, 0.05) is 5.54 Å². The first-order chi connectivity index (χ1) is 8.86. The molecule has 0 aliphatic carbocycles. The van der Waals surface area contributed by atoms with Crippen LogP contribution in [0.1, 0.15) is 26.6 Å². The van der Waals surface area contributed by atoms with E-state index in [9.17, 15) is 4.39 Å². The van der Waals surface area contributed by atoms with Crippen LogP contribution in [-0.4, -0.2) is 14.8 Å². The molecule has 1 aromatic heterocycles. The molecule has 2 aromatic rings. The maximum absolute atomic E-state index is 14.0. The first-order valence-electron chi connectivity index (χ1n) is 5.81. The summed E-state index contributed by atoms with van der Waals surface area (Å²) in [5, 5.41) is 9.08. The molecule has 0 amide bonds. The number of halogens is 3. The van der Waals surface area contributed by atoms with Crippen molar-refractivity contribution in [3.8, 4) is 11.4 Å².